The van der Waals surface area contributed by atoms with Crippen LogP contribution in [0.4, 0.5) is 5.69 Å². The van der Waals surface area contributed by atoms with Crippen molar-refractivity contribution in [3.8, 4) is 0 Å². The SMILES string of the molecule is CCc1cccc(CC)c1NC(=O)COC(=O)CN1C(=O)[C@@H]2[C@@H](C1=O)[C@@H]1C=C[C@@H]2C1. The monoisotopic (exact) mass is 410 g/mol. The summed E-state index contributed by atoms with van der Waals surface area (Å²) in [4.78, 5) is 50.8. The fraction of sp³-hybridized carbons (Fsp3) is 0.478. The molecule has 1 heterocycles. The maximum absolute atomic E-state index is 12.6. The van der Waals surface area contributed by atoms with Crippen molar-refractivity contribution in [2.75, 3.05) is 18.5 Å². The molecule has 158 valence electrons. The largest absolute Gasteiger partial charge is 0.454 e. The quantitative estimate of drug-likeness (QED) is 0.422. The number of hydrogen-bond donors (Lipinski definition) is 1. The molecule has 4 rings (SSSR count). The summed E-state index contributed by atoms with van der Waals surface area (Å²) in [5, 5.41) is 2.83. The Morgan fingerprint density at radius 2 is 1.60 bits per heavy atom. The molecule has 1 N–H and O–H groups in total. The van der Waals surface area contributed by atoms with Crippen molar-refractivity contribution in [3.05, 3.63) is 41.5 Å². The molecule has 2 fully saturated rings. The van der Waals surface area contributed by atoms with Gasteiger partial charge in [0.25, 0.3) is 5.91 Å². The highest BCUT2D eigenvalue weighted by atomic mass is 16.5. The molecule has 7 nitrogen and oxygen atoms in total. The Balaban J connectivity index is 1.32. The van der Waals surface area contributed by atoms with E-state index in [1.54, 1.807) is 0 Å². The summed E-state index contributed by atoms with van der Waals surface area (Å²) >= 11 is 0. The number of fused-ring (bicyclic) bond motifs is 5. The third-order valence-electron chi connectivity index (χ3n) is 6.48. The van der Waals surface area contributed by atoms with E-state index < -0.39 is 25.0 Å². The van der Waals surface area contributed by atoms with Gasteiger partial charge in [0.05, 0.1) is 11.8 Å². The maximum atomic E-state index is 12.6. The van der Waals surface area contributed by atoms with Gasteiger partial charge in [0, 0.05) is 5.69 Å². The number of benzene rings is 1. The number of nitrogens with one attached hydrogen (secondary N) is 1. The van der Waals surface area contributed by atoms with E-state index in [4.69, 9.17) is 4.74 Å². The highest BCUT2D eigenvalue weighted by Gasteiger charge is 2.59. The van der Waals surface area contributed by atoms with E-state index in [0.717, 1.165) is 41.0 Å². The predicted molar refractivity (Wildman–Crippen MR) is 109 cm³/mol. The van der Waals surface area contributed by atoms with E-state index in [0.29, 0.717) is 0 Å². The second kappa shape index (κ2) is 8.05. The number of amides is 3. The zero-order chi connectivity index (χ0) is 21.4. The summed E-state index contributed by atoms with van der Waals surface area (Å²) in [6.07, 6.45) is 6.37. The molecule has 1 aromatic carbocycles. The van der Waals surface area contributed by atoms with Crippen molar-refractivity contribution in [2.24, 2.45) is 23.7 Å². The third kappa shape index (κ3) is 3.42. The van der Waals surface area contributed by atoms with Crippen LogP contribution < -0.4 is 5.32 Å². The number of rotatable bonds is 7. The molecule has 4 atom stereocenters. The van der Waals surface area contributed by atoms with Gasteiger partial charge in [0.15, 0.2) is 6.61 Å². The summed E-state index contributed by atoms with van der Waals surface area (Å²) in [6.45, 7) is 3.11. The zero-order valence-electron chi connectivity index (χ0n) is 17.2. The number of carbonyl (C=O) groups excluding carboxylic acids is 4. The average Bonchev–Trinajstić information content (AvgIpc) is 3.42. The number of anilines is 1. The minimum Gasteiger partial charge on any atom is -0.454 e. The molecule has 7 heteroatoms. The summed E-state index contributed by atoms with van der Waals surface area (Å²) in [5.74, 6) is -2.31. The van der Waals surface area contributed by atoms with Crippen LogP contribution in [0.5, 0.6) is 0 Å². The number of hydrogen-bond acceptors (Lipinski definition) is 5. The van der Waals surface area contributed by atoms with Crippen LogP contribution >= 0.6 is 0 Å². The van der Waals surface area contributed by atoms with Gasteiger partial charge in [-0.25, -0.2) is 0 Å². The first-order chi connectivity index (χ1) is 14.4. The normalized spacial score (nSPS) is 26.3. The summed E-state index contributed by atoms with van der Waals surface area (Å²) in [5.41, 5.74) is 2.78. The lowest BCUT2D eigenvalue weighted by atomic mass is 9.85. The first-order valence-electron chi connectivity index (χ1n) is 10.5. The minimum absolute atomic E-state index is 0.0923. The van der Waals surface area contributed by atoms with E-state index in [1.165, 1.54) is 0 Å². The van der Waals surface area contributed by atoms with Crippen LogP contribution in [0.2, 0.25) is 0 Å². The van der Waals surface area contributed by atoms with E-state index in [9.17, 15) is 19.2 Å². The molecule has 1 saturated carbocycles. The summed E-state index contributed by atoms with van der Waals surface area (Å²) in [7, 11) is 0. The second-order valence-electron chi connectivity index (χ2n) is 8.13. The molecule has 30 heavy (non-hydrogen) atoms. The molecule has 2 bridgehead atoms. The Morgan fingerprint density at radius 3 is 2.13 bits per heavy atom. The molecule has 0 aromatic heterocycles. The van der Waals surface area contributed by atoms with Crippen LogP contribution in [-0.4, -0.2) is 41.7 Å². The molecule has 1 saturated heterocycles. The Kier molecular flexibility index (Phi) is 5.45. The molecule has 0 spiro atoms. The fourth-order valence-electron chi connectivity index (χ4n) is 5.02. The molecular formula is C23H26N2O5. The smallest absolute Gasteiger partial charge is 0.326 e. The first-order valence-corrected chi connectivity index (χ1v) is 10.5. The van der Waals surface area contributed by atoms with E-state index in [1.807, 2.05) is 44.2 Å². The molecule has 3 aliphatic rings. The van der Waals surface area contributed by atoms with Gasteiger partial charge < -0.3 is 10.1 Å². The number of imide groups is 1. The van der Waals surface area contributed by atoms with Crippen molar-refractivity contribution in [3.63, 3.8) is 0 Å². The van der Waals surface area contributed by atoms with Gasteiger partial charge in [0.2, 0.25) is 11.8 Å². The molecule has 2 aliphatic carbocycles. The van der Waals surface area contributed by atoms with Crippen molar-refractivity contribution >= 4 is 29.4 Å². The van der Waals surface area contributed by atoms with Gasteiger partial charge in [-0.2, -0.15) is 0 Å². The lowest BCUT2D eigenvalue weighted by Gasteiger charge is -2.17. The number of likely N-dealkylation sites (tertiary alicyclic amines) is 1. The van der Waals surface area contributed by atoms with Crippen molar-refractivity contribution in [1.82, 2.24) is 4.90 Å². The number of aryl methyl sites for hydroxylation is 2. The molecule has 1 aliphatic heterocycles. The highest BCUT2D eigenvalue weighted by Crippen LogP contribution is 2.52. The lowest BCUT2D eigenvalue weighted by Crippen LogP contribution is -2.38. The maximum Gasteiger partial charge on any atom is 0.326 e. The van der Waals surface area contributed by atoms with Gasteiger partial charge >= 0.3 is 5.97 Å². The third-order valence-corrected chi connectivity index (χ3v) is 6.48. The van der Waals surface area contributed by atoms with Gasteiger partial charge in [-0.15, -0.1) is 0 Å². The Hall–Kier alpha value is -2.96. The fourth-order valence-corrected chi connectivity index (χ4v) is 5.02. The van der Waals surface area contributed by atoms with Crippen LogP contribution in [-0.2, 0) is 36.8 Å². The minimum atomic E-state index is -0.758. The Labute approximate surface area is 175 Å². The van der Waals surface area contributed by atoms with Gasteiger partial charge in [-0.05, 0) is 42.2 Å². The summed E-state index contributed by atoms with van der Waals surface area (Å²) in [6, 6.07) is 5.85. The highest BCUT2D eigenvalue weighted by molar-refractivity contribution is 6.08. The first kappa shape index (κ1) is 20.3. The topological polar surface area (TPSA) is 92.8 Å². The molecule has 1 aromatic rings. The van der Waals surface area contributed by atoms with Crippen molar-refractivity contribution < 1.29 is 23.9 Å². The molecular weight excluding hydrogens is 384 g/mol. The average molecular weight is 410 g/mol. The number of esters is 1. The number of para-hydroxylation sites is 1. The van der Waals surface area contributed by atoms with Gasteiger partial charge in [0.1, 0.15) is 6.54 Å². The Bertz CT molecular complexity index is 885. The Morgan fingerprint density at radius 1 is 1.03 bits per heavy atom. The van der Waals surface area contributed by atoms with E-state index in [2.05, 4.69) is 5.32 Å². The van der Waals surface area contributed by atoms with Crippen molar-refractivity contribution in [2.45, 2.75) is 33.1 Å². The number of ether oxygens (including phenoxy) is 1. The molecule has 0 radical (unpaired) electrons. The van der Waals surface area contributed by atoms with Crippen molar-refractivity contribution in [1.29, 1.82) is 0 Å². The second-order valence-corrected chi connectivity index (χ2v) is 8.13. The lowest BCUT2D eigenvalue weighted by molar-refractivity contribution is -0.154. The number of carbonyl (C=O) groups is 4. The van der Waals surface area contributed by atoms with Crippen LogP contribution in [0.25, 0.3) is 0 Å². The van der Waals surface area contributed by atoms with E-state index >= 15 is 0 Å². The van der Waals surface area contributed by atoms with Gasteiger partial charge in [-0.1, -0.05) is 44.2 Å². The number of allylic oxidation sites excluding steroid dienone is 2. The zero-order valence-corrected chi connectivity index (χ0v) is 17.2. The molecule has 3 amide bonds. The van der Waals surface area contributed by atoms with Crippen LogP contribution in [0.3, 0.4) is 0 Å². The standard InChI is InChI=1S/C23H26N2O5/c1-3-13-6-5-7-14(4-2)21(13)24-17(26)12-30-18(27)11-25-22(28)19-15-8-9-16(10-15)20(19)23(25)29/h5-9,15-16,19-20H,3-4,10-12H2,1-2H3,(H,24,26)/t15-,16-,19+,20+/m1/s1. The van der Waals surface area contributed by atoms with Crippen LogP contribution in [0.15, 0.2) is 30.4 Å². The van der Waals surface area contributed by atoms with Crippen LogP contribution in [0.1, 0.15) is 31.4 Å². The number of nitrogens with zero attached hydrogens (tertiary/aromatic N) is 1. The van der Waals surface area contributed by atoms with Crippen LogP contribution in [0, 0.1) is 23.7 Å². The van der Waals surface area contributed by atoms with Gasteiger partial charge in [-0.3, -0.25) is 24.1 Å². The van der Waals surface area contributed by atoms with E-state index in [-0.39, 0.29) is 35.5 Å². The predicted octanol–water partition coefficient (Wildman–Crippen LogP) is 2.10. The summed E-state index contributed by atoms with van der Waals surface area (Å²) < 4.78 is 5.06. The molecule has 0 unspecified atom stereocenters.